The van der Waals surface area contributed by atoms with Crippen LogP contribution in [-0.2, 0) is 42.9 Å². The molecule has 0 saturated heterocycles. The molecular weight excluding hydrogens is 404 g/mol. The van der Waals surface area contributed by atoms with Crippen LogP contribution in [0.5, 0.6) is 0 Å². The number of hydrogen-bond donors (Lipinski definition) is 2. The van der Waals surface area contributed by atoms with Crippen LogP contribution in [0.3, 0.4) is 0 Å². The number of hydrogen-bond acceptors (Lipinski definition) is 9. The van der Waals surface area contributed by atoms with Crippen LogP contribution < -0.4 is 5.32 Å². The summed E-state index contributed by atoms with van der Waals surface area (Å²) in [5, 5.41) is 10.9. The lowest BCUT2D eigenvalue weighted by molar-refractivity contribution is -0.144. The summed E-state index contributed by atoms with van der Waals surface area (Å²) in [6, 6.07) is 0. The van der Waals surface area contributed by atoms with Crippen LogP contribution in [-0.4, -0.2) is 113 Å². The molecule has 1 heterocycles. The quantitative estimate of drug-likeness (QED) is 0.177. The average Bonchev–Trinajstić information content (AvgIpc) is 3.02. The van der Waals surface area contributed by atoms with E-state index < -0.39 is 18.5 Å². The Morgan fingerprint density at radius 1 is 0.767 bits per heavy atom. The van der Waals surface area contributed by atoms with E-state index in [1.54, 1.807) is 0 Å². The van der Waals surface area contributed by atoms with Crippen molar-refractivity contribution in [2.45, 2.75) is 0 Å². The summed E-state index contributed by atoms with van der Waals surface area (Å²) in [5.74, 6) is -2.19. The maximum atomic E-state index is 11.3. The Morgan fingerprint density at radius 3 is 1.80 bits per heavy atom. The third-order valence-electron chi connectivity index (χ3n) is 3.50. The average molecular weight is 432 g/mol. The van der Waals surface area contributed by atoms with Gasteiger partial charge >= 0.3 is 5.97 Å². The van der Waals surface area contributed by atoms with Crippen LogP contribution in [0.15, 0.2) is 12.2 Å². The van der Waals surface area contributed by atoms with Crippen LogP contribution in [0.4, 0.5) is 0 Å². The molecule has 3 amide bonds. The fourth-order valence-corrected chi connectivity index (χ4v) is 2.11. The van der Waals surface area contributed by atoms with Gasteiger partial charge in [-0.05, 0) is 0 Å². The van der Waals surface area contributed by atoms with E-state index in [1.807, 2.05) is 0 Å². The first-order valence-corrected chi connectivity index (χ1v) is 9.41. The zero-order valence-corrected chi connectivity index (χ0v) is 16.7. The maximum Gasteiger partial charge on any atom is 0.329 e. The highest BCUT2D eigenvalue weighted by molar-refractivity contribution is 6.12. The highest BCUT2D eigenvalue weighted by Crippen LogP contribution is 2.02. The first-order valence-electron chi connectivity index (χ1n) is 9.41. The lowest BCUT2D eigenvalue weighted by atomic mass is 10.5. The van der Waals surface area contributed by atoms with Crippen molar-refractivity contribution in [2.75, 3.05) is 79.2 Å². The number of imide groups is 1. The number of carboxylic acids is 1. The van der Waals surface area contributed by atoms with Gasteiger partial charge in [0.25, 0.3) is 11.8 Å². The lowest BCUT2D eigenvalue weighted by Gasteiger charge is -2.13. The van der Waals surface area contributed by atoms with Gasteiger partial charge in [-0.15, -0.1) is 0 Å². The standard InChI is InChI=1S/C18H28N2O10/c21-15(13-30-14-18(24)25)19-3-5-26-7-9-28-11-12-29-10-8-27-6-4-20-16(22)1-2-17(20)23/h1-2H,3-14H2,(H,19,21)(H,24,25). The topological polar surface area (TPSA) is 150 Å². The zero-order valence-electron chi connectivity index (χ0n) is 16.7. The van der Waals surface area contributed by atoms with Crippen LogP contribution in [0.2, 0.25) is 0 Å². The van der Waals surface area contributed by atoms with Gasteiger partial charge in [0.2, 0.25) is 5.91 Å². The number of rotatable bonds is 19. The molecule has 0 radical (unpaired) electrons. The molecule has 0 aromatic carbocycles. The Labute approximate surface area is 174 Å². The van der Waals surface area contributed by atoms with E-state index in [1.165, 1.54) is 12.2 Å². The number of carboxylic acid groups (broad SMARTS) is 1. The van der Waals surface area contributed by atoms with E-state index in [0.29, 0.717) is 46.2 Å². The third kappa shape index (κ3) is 13.0. The van der Waals surface area contributed by atoms with Gasteiger partial charge in [0, 0.05) is 18.7 Å². The zero-order chi connectivity index (χ0) is 22.0. The minimum atomic E-state index is -1.13. The molecule has 12 heteroatoms. The van der Waals surface area contributed by atoms with Crippen LogP contribution in [0, 0.1) is 0 Å². The van der Waals surface area contributed by atoms with E-state index in [0.717, 1.165) is 4.90 Å². The molecule has 170 valence electrons. The molecule has 30 heavy (non-hydrogen) atoms. The maximum absolute atomic E-state index is 11.3. The van der Waals surface area contributed by atoms with E-state index in [4.69, 9.17) is 24.1 Å². The number of nitrogens with zero attached hydrogens (tertiary/aromatic N) is 1. The molecule has 0 bridgehead atoms. The molecule has 1 aliphatic rings. The predicted octanol–water partition coefficient (Wildman–Crippen LogP) is -1.80. The molecule has 0 aliphatic carbocycles. The summed E-state index contributed by atoms with van der Waals surface area (Å²) in [6.07, 6.45) is 2.47. The predicted molar refractivity (Wildman–Crippen MR) is 101 cm³/mol. The summed E-state index contributed by atoms with van der Waals surface area (Å²) < 4.78 is 25.8. The van der Waals surface area contributed by atoms with Gasteiger partial charge in [0.15, 0.2) is 0 Å². The minimum Gasteiger partial charge on any atom is -0.480 e. The summed E-state index contributed by atoms with van der Waals surface area (Å²) in [5.41, 5.74) is 0. The second kappa shape index (κ2) is 16.4. The smallest absolute Gasteiger partial charge is 0.329 e. The molecule has 2 N–H and O–H groups in total. The fourth-order valence-electron chi connectivity index (χ4n) is 2.11. The fraction of sp³-hybridized carbons (Fsp3) is 0.667. The molecule has 0 atom stereocenters. The Hall–Kier alpha value is -2.38. The molecule has 1 aliphatic heterocycles. The lowest BCUT2D eigenvalue weighted by Crippen LogP contribution is -2.33. The van der Waals surface area contributed by atoms with Crippen molar-refractivity contribution in [3.8, 4) is 0 Å². The van der Waals surface area contributed by atoms with Crippen molar-refractivity contribution in [3.05, 3.63) is 12.2 Å². The molecular formula is C18H28N2O10. The SMILES string of the molecule is O=C(O)COCC(=O)NCCOCCOCCOCCOCCN1C(=O)C=CC1=O. The van der Waals surface area contributed by atoms with Crippen LogP contribution in [0.25, 0.3) is 0 Å². The number of nitrogens with one attached hydrogen (secondary N) is 1. The molecule has 0 unspecified atom stereocenters. The minimum absolute atomic E-state index is 0.218. The van der Waals surface area contributed by atoms with Crippen molar-refractivity contribution < 1.29 is 48.0 Å². The van der Waals surface area contributed by atoms with E-state index in [2.05, 4.69) is 10.1 Å². The highest BCUT2D eigenvalue weighted by Gasteiger charge is 2.22. The number of carbonyl (C=O) groups is 4. The second-order valence-corrected chi connectivity index (χ2v) is 5.85. The molecule has 0 aromatic rings. The van der Waals surface area contributed by atoms with Gasteiger partial charge in [-0.25, -0.2) is 4.79 Å². The number of amides is 3. The van der Waals surface area contributed by atoms with Crippen molar-refractivity contribution in [1.82, 2.24) is 10.2 Å². The van der Waals surface area contributed by atoms with Crippen LogP contribution in [0.1, 0.15) is 0 Å². The van der Waals surface area contributed by atoms with Gasteiger partial charge in [0.1, 0.15) is 13.2 Å². The first kappa shape index (κ1) is 25.7. The first-order chi connectivity index (χ1) is 14.5. The van der Waals surface area contributed by atoms with Crippen LogP contribution >= 0.6 is 0 Å². The molecule has 1 rings (SSSR count). The third-order valence-corrected chi connectivity index (χ3v) is 3.50. The molecule has 12 nitrogen and oxygen atoms in total. The normalized spacial score (nSPS) is 13.3. The van der Waals surface area contributed by atoms with E-state index in [-0.39, 0.29) is 38.1 Å². The Balaban J connectivity index is 1.75. The summed E-state index contributed by atoms with van der Waals surface area (Å²) >= 11 is 0. The second-order valence-electron chi connectivity index (χ2n) is 5.85. The monoisotopic (exact) mass is 432 g/mol. The van der Waals surface area contributed by atoms with Gasteiger partial charge in [-0.3, -0.25) is 19.3 Å². The van der Waals surface area contributed by atoms with Gasteiger partial charge in [0.05, 0.1) is 59.4 Å². The molecule has 0 aromatic heterocycles. The highest BCUT2D eigenvalue weighted by atomic mass is 16.6. The van der Waals surface area contributed by atoms with Crippen molar-refractivity contribution in [1.29, 1.82) is 0 Å². The number of aliphatic carboxylic acids is 1. The largest absolute Gasteiger partial charge is 0.480 e. The van der Waals surface area contributed by atoms with Gasteiger partial charge < -0.3 is 34.1 Å². The summed E-state index contributed by atoms with van der Waals surface area (Å²) in [7, 11) is 0. The number of ether oxygens (including phenoxy) is 5. The molecule has 0 fully saturated rings. The van der Waals surface area contributed by atoms with E-state index in [9.17, 15) is 19.2 Å². The van der Waals surface area contributed by atoms with Crippen molar-refractivity contribution >= 4 is 23.7 Å². The molecule has 0 saturated carbocycles. The van der Waals surface area contributed by atoms with Gasteiger partial charge in [-0.1, -0.05) is 0 Å². The Kier molecular flexibility index (Phi) is 14.0. The number of carbonyl (C=O) groups excluding carboxylic acids is 3. The Morgan fingerprint density at radius 2 is 1.27 bits per heavy atom. The van der Waals surface area contributed by atoms with Gasteiger partial charge in [-0.2, -0.15) is 0 Å². The summed E-state index contributed by atoms with van der Waals surface area (Å²) in [4.78, 5) is 45.2. The van der Waals surface area contributed by atoms with E-state index >= 15 is 0 Å². The van der Waals surface area contributed by atoms with Crippen molar-refractivity contribution in [3.63, 3.8) is 0 Å². The molecule has 0 spiro atoms. The van der Waals surface area contributed by atoms with Crippen molar-refractivity contribution in [2.24, 2.45) is 0 Å². The Bertz CT molecular complexity index is 563. The summed E-state index contributed by atoms with van der Waals surface area (Å²) in [6.45, 7) is 2.47.